The maximum Gasteiger partial charge on any atom is 0.225 e. The summed E-state index contributed by atoms with van der Waals surface area (Å²) in [7, 11) is 0. The summed E-state index contributed by atoms with van der Waals surface area (Å²) in [5, 5.41) is 5.43. The molecular formula is C12H15ClN2O2. The first-order valence-electron chi connectivity index (χ1n) is 5.27. The minimum absolute atomic E-state index is 0.118. The molecule has 1 rings (SSSR count). The van der Waals surface area contributed by atoms with Crippen molar-refractivity contribution in [3.05, 3.63) is 23.8 Å². The first kappa shape index (κ1) is 13.5. The topological polar surface area (TPSA) is 58.2 Å². The quantitative estimate of drug-likeness (QED) is 0.811. The molecule has 0 saturated heterocycles. The van der Waals surface area contributed by atoms with Gasteiger partial charge in [0.1, 0.15) is 0 Å². The Hall–Kier alpha value is -1.55. The lowest BCUT2D eigenvalue weighted by Crippen LogP contribution is -2.12. The van der Waals surface area contributed by atoms with E-state index in [0.29, 0.717) is 11.6 Å². The van der Waals surface area contributed by atoms with Crippen LogP contribution in [0.25, 0.3) is 0 Å². The predicted molar refractivity (Wildman–Crippen MR) is 69.4 cm³/mol. The van der Waals surface area contributed by atoms with Crippen LogP contribution in [0.15, 0.2) is 18.2 Å². The van der Waals surface area contributed by atoms with Crippen molar-refractivity contribution in [3.63, 3.8) is 0 Å². The Morgan fingerprint density at radius 2 is 2.00 bits per heavy atom. The summed E-state index contributed by atoms with van der Waals surface area (Å²) < 4.78 is 0. The highest BCUT2D eigenvalue weighted by molar-refractivity contribution is 6.19. The number of amides is 2. The Morgan fingerprint density at radius 3 is 2.53 bits per heavy atom. The van der Waals surface area contributed by atoms with Crippen molar-refractivity contribution >= 4 is 34.8 Å². The summed E-state index contributed by atoms with van der Waals surface area (Å²) in [4.78, 5) is 22.2. The number of aryl methyl sites for hydroxylation is 1. The Kier molecular flexibility index (Phi) is 4.97. The van der Waals surface area contributed by atoms with E-state index in [4.69, 9.17) is 11.6 Å². The van der Waals surface area contributed by atoms with E-state index in [1.807, 2.05) is 6.92 Å². The van der Waals surface area contributed by atoms with Crippen LogP contribution < -0.4 is 10.6 Å². The molecule has 0 aromatic heterocycles. The summed E-state index contributed by atoms with van der Waals surface area (Å²) in [6, 6.07) is 5.30. The third-order valence-corrected chi connectivity index (χ3v) is 2.33. The van der Waals surface area contributed by atoms with Gasteiger partial charge in [0.05, 0.1) is 0 Å². The molecule has 1 aromatic rings. The number of alkyl halides is 1. The fourth-order valence-corrected chi connectivity index (χ4v) is 1.55. The highest BCUT2D eigenvalue weighted by Gasteiger charge is 2.04. The highest BCUT2D eigenvalue weighted by Crippen LogP contribution is 2.19. The van der Waals surface area contributed by atoms with E-state index in [1.54, 1.807) is 18.2 Å². The zero-order valence-electron chi connectivity index (χ0n) is 9.84. The normalized spacial score (nSPS) is 9.82. The average molecular weight is 255 g/mol. The van der Waals surface area contributed by atoms with E-state index in [2.05, 4.69) is 10.6 Å². The van der Waals surface area contributed by atoms with Gasteiger partial charge in [-0.2, -0.15) is 0 Å². The van der Waals surface area contributed by atoms with Gasteiger partial charge in [-0.3, -0.25) is 9.59 Å². The second-order valence-corrected chi connectivity index (χ2v) is 4.08. The zero-order valence-corrected chi connectivity index (χ0v) is 10.6. The lowest BCUT2D eigenvalue weighted by molar-refractivity contribution is -0.116. The van der Waals surface area contributed by atoms with Crippen molar-refractivity contribution < 1.29 is 9.59 Å². The van der Waals surface area contributed by atoms with Gasteiger partial charge >= 0.3 is 0 Å². The Morgan fingerprint density at radius 1 is 1.29 bits per heavy atom. The number of halogens is 1. The number of carbonyl (C=O) groups excluding carboxylic acids is 2. The van der Waals surface area contributed by atoms with Crippen molar-refractivity contribution in [2.24, 2.45) is 0 Å². The number of benzene rings is 1. The second kappa shape index (κ2) is 6.25. The zero-order chi connectivity index (χ0) is 12.8. The van der Waals surface area contributed by atoms with Crippen LogP contribution in [-0.4, -0.2) is 17.7 Å². The van der Waals surface area contributed by atoms with E-state index in [9.17, 15) is 9.59 Å². The van der Waals surface area contributed by atoms with Crippen molar-refractivity contribution in [3.8, 4) is 0 Å². The number of anilines is 2. The van der Waals surface area contributed by atoms with Gasteiger partial charge in [0, 0.05) is 30.6 Å². The summed E-state index contributed by atoms with van der Waals surface area (Å²) in [5.41, 5.74) is 2.34. The SMILES string of the molecule is CC(=O)Nc1ccc(NC(=O)CCCl)cc1C. The molecule has 0 atom stereocenters. The molecule has 1 aromatic carbocycles. The van der Waals surface area contributed by atoms with E-state index in [-0.39, 0.29) is 18.2 Å². The van der Waals surface area contributed by atoms with Crippen molar-refractivity contribution in [2.45, 2.75) is 20.3 Å². The highest BCUT2D eigenvalue weighted by atomic mass is 35.5. The van der Waals surface area contributed by atoms with Gasteiger partial charge in [-0.15, -0.1) is 11.6 Å². The van der Waals surface area contributed by atoms with Crippen LogP contribution in [0.5, 0.6) is 0 Å². The minimum Gasteiger partial charge on any atom is -0.326 e. The second-order valence-electron chi connectivity index (χ2n) is 3.70. The summed E-state index contributed by atoms with van der Waals surface area (Å²) in [5.74, 6) is 0.0631. The molecule has 0 aliphatic heterocycles. The number of hydrogen-bond donors (Lipinski definition) is 2. The third kappa shape index (κ3) is 4.44. The van der Waals surface area contributed by atoms with Gasteiger partial charge in [-0.05, 0) is 30.7 Å². The molecule has 0 spiro atoms. The first-order chi connectivity index (χ1) is 8.02. The Bertz CT molecular complexity index is 433. The van der Waals surface area contributed by atoms with E-state index >= 15 is 0 Å². The standard InChI is InChI=1S/C12H15ClN2O2/c1-8-7-10(15-12(17)5-6-13)3-4-11(8)14-9(2)16/h3-4,7H,5-6H2,1-2H3,(H,14,16)(H,15,17). The molecule has 0 unspecified atom stereocenters. The van der Waals surface area contributed by atoms with Crippen LogP contribution in [0.1, 0.15) is 18.9 Å². The molecule has 0 aliphatic carbocycles. The molecule has 0 aliphatic rings. The molecule has 4 nitrogen and oxygen atoms in total. The van der Waals surface area contributed by atoms with Crippen LogP contribution in [0.2, 0.25) is 0 Å². The van der Waals surface area contributed by atoms with Crippen LogP contribution in [0.4, 0.5) is 11.4 Å². The molecule has 0 heterocycles. The summed E-state index contributed by atoms with van der Waals surface area (Å²) >= 11 is 5.47. The van der Waals surface area contributed by atoms with Crippen molar-refractivity contribution in [2.75, 3.05) is 16.5 Å². The van der Waals surface area contributed by atoms with Crippen molar-refractivity contribution in [1.82, 2.24) is 0 Å². The molecular weight excluding hydrogens is 240 g/mol. The van der Waals surface area contributed by atoms with Crippen LogP contribution in [0.3, 0.4) is 0 Å². The molecule has 5 heteroatoms. The van der Waals surface area contributed by atoms with E-state index in [1.165, 1.54) is 6.92 Å². The van der Waals surface area contributed by atoms with Crippen molar-refractivity contribution in [1.29, 1.82) is 0 Å². The molecule has 0 saturated carbocycles. The lowest BCUT2D eigenvalue weighted by Gasteiger charge is -2.09. The maximum absolute atomic E-state index is 11.3. The smallest absolute Gasteiger partial charge is 0.225 e. The van der Waals surface area contributed by atoms with E-state index in [0.717, 1.165) is 11.3 Å². The van der Waals surface area contributed by atoms with Gasteiger partial charge < -0.3 is 10.6 Å². The van der Waals surface area contributed by atoms with Crippen LogP contribution in [0, 0.1) is 6.92 Å². The third-order valence-electron chi connectivity index (χ3n) is 2.14. The number of hydrogen-bond acceptors (Lipinski definition) is 2. The fraction of sp³-hybridized carbons (Fsp3) is 0.333. The number of rotatable bonds is 4. The van der Waals surface area contributed by atoms with Crippen LogP contribution in [-0.2, 0) is 9.59 Å². The van der Waals surface area contributed by atoms with Gasteiger partial charge in [0.2, 0.25) is 11.8 Å². The molecule has 17 heavy (non-hydrogen) atoms. The lowest BCUT2D eigenvalue weighted by atomic mass is 10.1. The minimum atomic E-state index is -0.119. The van der Waals surface area contributed by atoms with E-state index < -0.39 is 0 Å². The monoisotopic (exact) mass is 254 g/mol. The average Bonchev–Trinajstić information content (AvgIpc) is 2.22. The summed E-state index contributed by atoms with van der Waals surface area (Å²) in [6.07, 6.45) is 0.286. The van der Waals surface area contributed by atoms with Crippen LogP contribution >= 0.6 is 11.6 Å². The number of carbonyl (C=O) groups is 2. The fourth-order valence-electron chi connectivity index (χ4n) is 1.38. The number of nitrogens with one attached hydrogen (secondary N) is 2. The largest absolute Gasteiger partial charge is 0.326 e. The van der Waals surface area contributed by atoms with Gasteiger partial charge in [-0.1, -0.05) is 0 Å². The van der Waals surface area contributed by atoms with Gasteiger partial charge in [0.25, 0.3) is 0 Å². The summed E-state index contributed by atoms with van der Waals surface area (Å²) in [6.45, 7) is 3.32. The molecule has 0 radical (unpaired) electrons. The Balaban J connectivity index is 2.74. The van der Waals surface area contributed by atoms with Gasteiger partial charge in [0.15, 0.2) is 0 Å². The molecule has 2 N–H and O–H groups in total. The molecule has 0 bridgehead atoms. The Labute approximate surface area is 105 Å². The predicted octanol–water partition coefficient (Wildman–Crippen LogP) is 2.52. The van der Waals surface area contributed by atoms with Gasteiger partial charge in [-0.25, -0.2) is 0 Å². The first-order valence-corrected chi connectivity index (χ1v) is 5.80. The molecule has 2 amide bonds. The molecule has 92 valence electrons. The maximum atomic E-state index is 11.3. The molecule has 0 fully saturated rings.